The zero-order chi connectivity index (χ0) is 24.2. The minimum Gasteiger partial charge on any atom is -0.332 e. The Morgan fingerprint density at radius 2 is 1.65 bits per heavy atom. The Morgan fingerprint density at radius 1 is 1.03 bits per heavy atom. The van der Waals surface area contributed by atoms with Crippen molar-refractivity contribution in [3.8, 4) is 22.5 Å². The lowest BCUT2D eigenvalue weighted by Gasteiger charge is -2.06. The number of hydrogen-bond acceptors (Lipinski definition) is 5. The van der Waals surface area contributed by atoms with Crippen molar-refractivity contribution < 1.29 is 9.72 Å². The first kappa shape index (κ1) is 23.7. The van der Waals surface area contributed by atoms with E-state index in [1.165, 1.54) is 41.1 Å². The van der Waals surface area contributed by atoms with Crippen LogP contribution in [-0.4, -0.2) is 26.6 Å². The van der Waals surface area contributed by atoms with Gasteiger partial charge in [0.2, 0.25) is 5.91 Å². The molecule has 0 aliphatic carbocycles. The van der Waals surface area contributed by atoms with E-state index >= 15 is 0 Å². The lowest BCUT2D eigenvalue weighted by molar-refractivity contribution is -0.384. The lowest BCUT2D eigenvalue weighted by atomic mass is 10.0. The predicted molar refractivity (Wildman–Crippen MR) is 139 cm³/mol. The number of hydrogen-bond donors (Lipinski definition) is 2. The van der Waals surface area contributed by atoms with Crippen LogP contribution in [0, 0.1) is 24.0 Å². The number of rotatable bonds is 7. The van der Waals surface area contributed by atoms with Crippen LogP contribution in [-0.2, 0) is 4.79 Å². The van der Waals surface area contributed by atoms with Crippen molar-refractivity contribution in [1.29, 1.82) is 0 Å². The number of halogens is 1. The fourth-order valence-electron chi connectivity index (χ4n) is 3.31. The second-order valence-electron chi connectivity index (χ2n) is 7.76. The molecule has 0 saturated heterocycles. The Kier molecular flexibility index (Phi) is 7.14. The number of carbonyl (C=O) groups is 1. The molecule has 4 aromatic rings. The zero-order valence-corrected chi connectivity index (χ0v) is 20.9. The molecule has 0 saturated carbocycles. The van der Waals surface area contributed by atoms with Gasteiger partial charge in [-0.1, -0.05) is 71.4 Å². The third-order valence-electron chi connectivity index (χ3n) is 5.12. The minimum atomic E-state index is -0.486. The molecule has 0 atom stereocenters. The Labute approximate surface area is 209 Å². The minimum absolute atomic E-state index is 0.0536. The van der Waals surface area contributed by atoms with E-state index in [-0.39, 0.29) is 17.3 Å². The second kappa shape index (κ2) is 10.2. The highest BCUT2D eigenvalue weighted by atomic mass is 79.9. The van der Waals surface area contributed by atoms with Gasteiger partial charge < -0.3 is 10.3 Å². The number of aromatic nitrogens is 2. The van der Waals surface area contributed by atoms with Crippen molar-refractivity contribution in [3.63, 3.8) is 0 Å². The van der Waals surface area contributed by atoms with E-state index in [1.54, 1.807) is 0 Å². The van der Waals surface area contributed by atoms with Gasteiger partial charge in [0.25, 0.3) is 5.69 Å². The number of nitro groups is 1. The van der Waals surface area contributed by atoms with Crippen LogP contribution in [0.1, 0.15) is 11.1 Å². The summed E-state index contributed by atoms with van der Waals surface area (Å²) < 4.78 is 0.446. The highest BCUT2D eigenvalue weighted by Gasteiger charge is 2.16. The normalized spacial score (nSPS) is 10.8. The highest BCUT2D eigenvalue weighted by molar-refractivity contribution is 9.10. The van der Waals surface area contributed by atoms with Gasteiger partial charge in [0.1, 0.15) is 0 Å². The third kappa shape index (κ3) is 5.55. The average molecular weight is 537 g/mol. The molecule has 172 valence electrons. The van der Waals surface area contributed by atoms with Crippen molar-refractivity contribution in [2.24, 2.45) is 0 Å². The van der Waals surface area contributed by atoms with Crippen LogP contribution in [0.4, 0.5) is 11.4 Å². The van der Waals surface area contributed by atoms with Gasteiger partial charge >= 0.3 is 0 Å². The molecule has 3 aromatic carbocycles. The van der Waals surface area contributed by atoms with Gasteiger partial charge in [0.15, 0.2) is 5.16 Å². The first-order chi connectivity index (χ1) is 16.3. The maximum absolute atomic E-state index is 12.5. The number of amides is 1. The summed E-state index contributed by atoms with van der Waals surface area (Å²) in [5, 5.41) is 14.3. The number of aromatic amines is 1. The number of aryl methyl sites for hydroxylation is 2. The predicted octanol–water partition coefficient (Wildman–Crippen LogP) is 6.76. The number of thioether (sulfide) groups is 1. The largest absolute Gasteiger partial charge is 0.332 e. The van der Waals surface area contributed by atoms with Crippen LogP contribution in [0.5, 0.6) is 0 Å². The third-order valence-corrected chi connectivity index (χ3v) is 6.65. The molecular formula is C25H21BrN4O3S. The van der Waals surface area contributed by atoms with Crippen LogP contribution in [0.3, 0.4) is 0 Å². The molecule has 34 heavy (non-hydrogen) atoms. The summed E-state index contributed by atoms with van der Waals surface area (Å²) >= 11 is 4.56. The monoisotopic (exact) mass is 536 g/mol. The number of nitrogens with one attached hydrogen (secondary N) is 2. The van der Waals surface area contributed by atoms with Crippen molar-refractivity contribution >= 4 is 45.0 Å². The molecule has 0 bridgehead atoms. The standard InChI is InChI=1S/C25H21BrN4O3S/c1-15-3-7-17(8-4-15)23-24(18-9-5-16(2)6-10-18)29-25(28-23)34-14-22(31)27-21-12-11-19(30(32)33)13-20(21)26/h3-13H,14H2,1-2H3,(H,27,31)(H,28,29). The molecule has 0 fully saturated rings. The average Bonchev–Trinajstić information content (AvgIpc) is 3.24. The van der Waals surface area contributed by atoms with Gasteiger partial charge in [-0.15, -0.1) is 0 Å². The van der Waals surface area contributed by atoms with Crippen LogP contribution in [0.25, 0.3) is 22.5 Å². The summed E-state index contributed by atoms with van der Waals surface area (Å²) in [7, 11) is 0. The zero-order valence-electron chi connectivity index (χ0n) is 18.5. The summed E-state index contributed by atoms with van der Waals surface area (Å²) in [6.45, 7) is 4.08. The van der Waals surface area contributed by atoms with Gasteiger partial charge in [0.05, 0.1) is 27.8 Å². The van der Waals surface area contributed by atoms with E-state index in [0.29, 0.717) is 15.3 Å². The van der Waals surface area contributed by atoms with E-state index in [2.05, 4.69) is 38.4 Å². The van der Waals surface area contributed by atoms with Gasteiger partial charge in [-0.25, -0.2) is 4.98 Å². The topological polar surface area (TPSA) is 101 Å². The molecule has 9 heteroatoms. The van der Waals surface area contributed by atoms with Crippen molar-refractivity contribution in [3.05, 3.63) is 92.4 Å². The summed E-state index contributed by atoms with van der Waals surface area (Å²) in [6.07, 6.45) is 0. The maximum Gasteiger partial charge on any atom is 0.270 e. The van der Waals surface area contributed by atoms with Crippen LogP contribution < -0.4 is 5.32 Å². The molecule has 0 aliphatic heterocycles. The maximum atomic E-state index is 12.5. The first-order valence-electron chi connectivity index (χ1n) is 10.4. The summed E-state index contributed by atoms with van der Waals surface area (Å²) in [6, 6.07) is 20.6. The van der Waals surface area contributed by atoms with E-state index < -0.39 is 4.92 Å². The molecule has 7 nitrogen and oxygen atoms in total. The van der Waals surface area contributed by atoms with Crippen LogP contribution in [0.2, 0.25) is 0 Å². The molecular weight excluding hydrogens is 516 g/mol. The van der Waals surface area contributed by atoms with Gasteiger partial charge in [-0.3, -0.25) is 14.9 Å². The van der Waals surface area contributed by atoms with Crippen LogP contribution >= 0.6 is 27.7 Å². The fraction of sp³-hybridized carbons (Fsp3) is 0.120. The quantitative estimate of drug-likeness (QED) is 0.154. The fourth-order valence-corrected chi connectivity index (χ4v) is 4.44. The van der Waals surface area contributed by atoms with E-state index in [4.69, 9.17) is 4.98 Å². The molecule has 1 heterocycles. The molecule has 2 N–H and O–H groups in total. The smallest absolute Gasteiger partial charge is 0.270 e. The first-order valence-corrected chi connectivity index (χ1v) is 12.2. The molecule has 0 spiro atoms. The Bertz CT molecular complexity index is 1290. The van der Waals surface area contributed by atoms with E-state index in [0.717, 1.165) is 22.5 Å². The number of nitro benzene ring substituents is 1. The number of benzene rings is 3. The van der Waals surface area contributed by atoms with Gasteiger partial charge in [0, 0.05) is 27.7 Å². The van der Waals surface area contributed by atoms with Crippen LogP contribution in [0.15, 0.2) is 76.4 Å². The summed E-state index contributed by atoms with van der Waals surface area (Å²) in [5.74, 6) is -0.123. The lowest BCUT2D eigenvalue weighted by Crippen LogP contribution is -2.14. The summed E-state index contributed by atoms with van der Waals surface area (Å²) in [4.78, 5) is 31.1. The van der Waals surface area contributed by atoms with Gasteiger partial charge in [-0.2, -0.15) is 0 Å². The molecule has 0 aliphatic rings. The Balaban J connectivity index is 1.53. The highest BCUT2D eigenvalue weighted by Crippen LogP contribution is 2.33. The number of non-ortho nitro benzene ring substituents is 1. The number of carbonyl (C=O) groups excluding carboxylic acids is 1. The van der Waals surface area contributed by atoms with E-state index in [1.807, 2.05) is 50.2 Å². The Morgan fingerprint density at radius 3 is 2.24 bits per heavy atom. The van der Waals surface area contributed by atoms with Gasteiger partial charge in [-0.05, 0) is 35.8 Å². The van der Waals surface area contributed by atoms with Crippen molar-refractivity contribution in [2.75, 3.05) is 11.1 Å². The molecule has 0 radical (unpaired) electrons. The Hall–Kier alpha value is -3.43. The van der Waals surface area contributed by atoms with Crippen molar-refractivity contribution in [1.82, 2.24) is 9.97 Å². The number of H-pyrrole nitrogens is 1. The number of anilines is 1. The summed E-state index contributed by atoms with van der Waals surface area (Å²) in [5.41, 5.74) is 6.47. The second-order valence-corrected chi connectivity index (χ2v) is 9.57. The molecule has 4 rings (SSSR count). The SMILES string of the molecule is Cc1ccc(-c2nc(SCC(=O)Nc3ccc([N+](=O)[O-])cc3Br)[nH]c2-c2ccc(C)cc2)cc1. The molecule has 1 amide bonds. The molecule has 0 unspecified atom stereocenters. The number of nitrogens with zero attached hydrogens (tertiary/aromatic N) is 2. The molecule has 1 aromatic heterocycles. The number of imidazole rings is 1. The van der Waals surface area contributed by atoms with E-state index in [9.17, 15) is 14.9 Å². The van der Waals surface area contributed by atoms with Crippen molar-refractivity contribution in [2.45, 2.75) is 19.0 Å².